The van der Waals surface area contributed by atoms with Crippen LogP contribution in [0.5, 0.6) is 11.5 Å². The van der Waals surface area contributed by atoms with Gasteiger partial charge in [0.05, 0.1) is 19.3 Å². The third kappa shape index (κ3) is 7.71. The van der Waals surface area contributed by atoms with E-state index in [-0.39, 0.29) is 6.04 Å². The van der Waals surface area contributed by atoms with Crippen molar-refractivity contribution in [2.45, 2.75) is 32.6 Å². The molecule has 2 rings (SSSR count). The largest absolute Gasteiger partial charge is 0.490 e. The summed E-state index contributed by atoms with van der Waals surface area (Å²) in [5, 5.41) is 6.62. The molecule has 2 atom stereocenters. The molecule has 2 N–H and O–H groups in total. The smallest absolute Gasteiger partial charge is 0.191 e. The van der Waals surface area contributed by atoms with Crippen LogP contribution in [0.3, 0.4) is 0 Å². The highest BCUT2D eigenvalue weighted by Gasteiger charge is 2.12. The van der Waals surface area contributed by atoms with Crippen LogP contribution in [0.25, 0.3) is 0 Å². The van der Waals surface area contributed by atoms with Crippen LogP contribution in [0.15, 0.2) is 53.5 Å². The van der Waals surface area contributed by atoms with Crippen LogP contribution in [0.1, 0.15) is 37.9 Å². The SMILES string of the molecule is CCOc1ccc(C(C)NC(=NC)NCCS(=O)Cc2ccccc2)cc1OCC. The van der Waals surface area contributed by atoms with Gasteiger partial charge in [0.25, 0.3) is 0 Å². The lowest BCUT2D eigenvalue weighted by Gasteiger charge is -2.20. The van der Waals surface area contributed by atoms with Crippen LogP contribution in [-0.2, 0) is 16.6 Å². The number of ether oxygens (including phenoxy) is 2. The minimum Gasteiger partial charge on any atom is -0.490 e. The summed E-state index contributed by atoms with van der Waals surface area (Å²) in [6.45, 7) is 7.73. The van der Waals surface area contributed by atoms with Gasteiger partial charge in [-0.2, -0.15) is 0 Å². The molecule has 30 heavy (non-hydrogen) atoms. The first-order valence-electron chi connectivity index (χ1n) is 10.3. The molecule has 6 nitrogen and oxygen atoms in total. The monoisotopic (exact) mass is 431 g/mol. The molecule has 0 aliphatic heterocycles. The van der Waals surface area contributed by atoms with Crippen molar-refractivity contribution in [3.63, 3.8) is 0 Å². The zero-order valence-electron chi connectivity index (χ0n) is 18.3. The Bertz CT molecular complexity index is 828. The molecule has 0 amide bonds. The molecule has 0 aromatic heterocycles. The maximum Gasteiger partial charge on any atom is 0.191 e. The standard InChI is InChI=1S/C23H33N3O3S/c1-5-28-21-13-12-20(16-22(21)29-6-2)18(3)26-23(24-4)25-14-15-30(27)17-19-10-8-7-9-11-19/h7-13,16,18H,5-6,14-15,17H2,1-4H3,(H2,24,25,26). The minimum absolute atomic E-state index is 0.0147. The van der Waals surface area contributed by atoms with Crippen molar-refractivity contribution in [3.8, 4) is 11.5 Å². The molecule has 2 unspecified atom stereocenters. The van der Waals surface area contributed by atoms with E-state index in [9.17, 15) is 4.21 Å². The van der Waals surface area contributed by atoms with Crippen LogP contribution in [0.2, 0.25) is 0 Å². The number of hydrogen-bond donors (Lipinski definition) is 2. The lowest BCUT2D eigenvalue weighted by Crippen LogP contribution is -2.40. The lowest BCUT2D eigenvalue weighted by atomic mass is 10.1. The van der Waals surface area contributed by atoms with E-state index in [0.717, 1.165) is 22.6 Å². The Hall–Kier alpha value is -2.54. The van der Waals surface area contributed by atoms with E-state index >= 15 is 0 Å². The molecule has 0 saturated carbocycles. The van der Waals surface area contributed by atoms with Gasteiger partial charge in [-0.3, -0.25) is 9.20 Å². The van der Waals surface area contributed by atoms with Gasteiger partial charge in [-0.1, -0.05) is 36.4 Å². The van der Waals surface area contributed by atoms with Crippen LogP contribution in [0, 0.1) is 0 Å². The van der Waals surface area contributed by atoms with Crippen LogP contribution >= 0.6 is 0 Å². The van der Waals surface area contributed by atoms with Gasteiger partial charge in [0, 0.05) is 35.9 Å². The topological polar surface area (TPSA) is 72.0 Å². The molecule has 0 heterocycles. The second-order valence-corrected chi connectivity index (χ2v) is 8.29. The van der Waals surface area contributed by atoms with Gasteiger partial charge in [-0.25, -0.2) is 0 Å². The number of aliphatic imine (C=N–C) groups is 1. The van der Waals surface area contributed by atoms with Gasteiger partial charge in [-0.05, 0) is 44.0 Å². The number of hydrogen-bond acceptors (Lipinski definition) is 4. The molecule has 2 aromatic carbocycles. The zero-order chi connectivity index (χ0) is 21.8. The summed E-state index contributed by atoms with van der Waals surface area (Å²) in [6.07, 6.45) is 0. The second kappa shape index (κ2) is 12.9. The van der Waals surface area contributed by atoms with Crippen molar-refractivity contribution in [3.05, 3.63) is 59.7 Å². The van der Waals surface area contributed by atoms with Crippen molar-refractivity contribution in [2.75, 3.05) is 32.6 Å². The van der Waals surface area contributed by atoms with E-state index in [0.29, 0.717) is 37.2 Å². The molecule has 0 bridgehead atoms. The molecule has 0 fully saturated rings. The van der Waals surface area contributed by atoms with Crippen molar-refractivity contribution in [1.29, 1.82) is 0 Å². The number of benzene rings is 2. The fourth-order valence-corrected chi connectivity index (χ4v) is 3.97. The van der Waals surface area contributed by atoms with Gasteiger partial charge in [-0.15, -0.1) is 0 Å². The highest BCUT2D eigenvalue weighted by atomic mass is 32.2. The van der Waals surface area contributed by atoms with Gasteiger partial charge < -0.3 is 20.1 Å². The first-order valence-corrected chi connectivity index (χ1v) is 11.8. The van der Waals surface area contributed by atoms with Crippen molar-refractivity contribution in [1.82, 2.24) is 10.6 Å². The Morgan fingerprint density at radius 3 is 2.43 bits per heavy atom. The average molecular weight is 432 g/mol. The Morgan fingerprint density at radius 2 is 1.77 bits per heavy atom. The summed E-state index contributed by atoms with van der Waals surface area (Å²) in [4.78, 5) is 4.28. The summed E-state index contributed by atoms with van der Waals surface area (Å²) in [5.74, 6) is 3.29. The van der Waals surface area contributed by atoms with Gasteiger partial charge >= 0.3 is 0 Å². The van der Waals surface area contributed by atoms with Crippen LogP contribution in [-0.4, -0.2) is 42.7 Å². The predicted molar refractivity (Wildman–Crippen MR) is 125 cm³/mol. The van der Waals surface area contributed by atoms with E-state index in [1.807, 2.05) is 62.4 Å². The molecular formula is C23H33N3O3S. The first kappa shape index (κ1) is 23.7. The predicted octanol–water partition coefficient (Wildman–Crippen LogP) is 3.66. The summed E-state index contributed by atoms with van der Waals surface area (Å²) in [6, 6.07) is 15.9. The highest BCUT2D eigenvalue weighted by molar-refractivity contribution is 7.84. The maximum absolute atomic E-state index is 12.3. The molecule has 0 spiro atoms. The molecule has 0 aliphatic carbocycles. The van der Waals surface area contributed by atoms with E-state index in [1.54, 1.807) is 7.05 Å². The van der Waals surface area contributed by atoms with Gasteiger partial charge in [0.1, 0.15) is 0 Å². The molecule has 0 aliphatic rings. The van der Waals surface area contributed by atoms with Crippen molar-refractivity contribution < 1.29 is 13.7 Å². The van der Waals surface area contributed by atoms with Gasteiger partial charge in [0.2, 0.25) is 0 Å². The normalized spacial score (nSPS) is 13.4. The Balaban J connectivity index is 1.87. The third-order valence-electron chi connectivity index (χ3n) is 4.44. The molecule has 0 saturated heterocycles. The lowest BCUT2D eigenvalue weighted by molar-refractivity contribution is 0.287. The first-order chi connectivity index (χ1) is 14.6. The fraction of sp³-hybridized carbons (Fsp3) is 0.435. The second-order valence-electron chi connectivity index (χ2n) is 6.71. The minimum atomic E-state index is -0.924. The van der Waals surface area contributed by atoms with Crippen LogP contribution < -0.4 is 20.1 Å². The average Bonchev–Trinajstić information content (AvgIpc) is 2.75. The molecule has 2 aromatic rings. The van der Waals surface area contributed by atoms with Crippen molar-refractivity contribution >= 4 is 16.8 Å². The quantitative estimate of drug-likeness (QED) is 0.420. The Labute approximate surface area is 182 Å². The number of nitrogens with one attached hydrogen (secondary N) is 2. The third-order valence-corrected chi connectivity index (χ3v) is 5.75. The van der Waals surface area contributed by atoms with E-state index in [4.69, 9.17) is 9.47 Å². The van der Waals surface area contributed by atoms with Gasteiger partial charge in [0.15, 0.2) is 17.5 Å². The zero-order valence-corrected chi connectivity index (χ0v) is 19.1. The Morgan fingerprint density at radius 1 is 1.07 bits per heavy atom. The molecule has 0 radical (unpaired) electrons. The number of rotatable bonds is 11. The summed E-state index contributed by atoms with van der Waals surface area (Å²) in [5.41, 5.74) is 2.16. The van der Waals surface area contributed by atoms with E-state index in [1.165, 1.54) is 0 Å². The summed E-state index contributed by atoms with van der Waals surface area (Å²) < 4.78 is 23.6. The molecule has 7 heteroatoms. The molecule has 164 valence electrons. The Kier molecular flexibility index (Phi) is 10.2. The highest BCUT2D eigenvalue weighted by Crippen LogP contribution is 2.30. The number of nitrogens with zero attached hydrogens (tertiary/aromatic N) is 1. The summed E-state index contributed by atoms with van der Waals surface area (Å²) in [7, 11) is 0.805. The van der Waals surface area contributed by atoms with E-state index < -0.39 is 10.8 Å². The fourth-order valence-electron chi connectivity index (χ4n) is 2.94. The summed E-state index contributed by atoms with van der Waals surface area (Å²) >= 11 is 0. The maximum atomic E-state index is 12.3. The molecular weight excluding hydrogens is 398 g/mol. The van der Waals surface area contributed by atoms with Crippen molar-refractivity contribution in [2.24, 2.45) is 4.99 Å². The van der Waals surface area contributed by atoms with E-state index in [2.05, 4.69) is 22.5 Å². The van der Waals surface area contributed by atoms with Crippen LogP contribution in [0.4, 0.5) is 0 Å². The number of guanidine groups is 1.